The van der Waals surface area contributed by atoms with Gasteiger partial charge in [-0.05, 0) is 26.3 Å². The summed E-state index contributed by atoms with van der Waals surface area (Å²) in [5, 5.41) is 2.26. The fourth-order valence-electron chi connectivity index (χ4n) is 2.75. The van der Waals surface area contributed by atoms with Crippen molar-refractivity contribution in [3.8, 4) is 0 Å². The van der Waals surface area contributed by atoms with E-state index < -0.39 is 35.1 Å². The zero-order valence-corrected chi connectivity index (χ0v) is 15.1. The number of nitrogens with zero attached hydrogens (tertiary/aromatic N) is 1. The number of esters is 1. The van der Waals surface area contributed by atoms with E-state index >= 15 is 0 Å². The maximum absolute atomic E-state index is 13.3. The molecule has 2 rings (SSSR count). The Hall–Kier alpha value is -3.10. The van der Waals surface area contributed by atoms with Crippen LogP contribution in [0.2, 0.25) is 0 Å². The number of amides is 1. The summed E-state index contributed by atoms with van der Waals surface area (Å²) in [7, 11) is 1.49. The summed E-state index contributed by atoms with van der Waals surface area (Å²) in [6.07, 6.45) is 0. The van der Waals surface area contributed by atoms with E-state index in [1.807, 2.05) is 0 Å². The summed E-state index contributed by atoms with van der Waals surface area (Å²) in [6.45, 7) is 4.56. The molecule has 0 saturated heterocycles. The highest BCUT2D eigenvalue weighted by molar-refractivity contribution is 6.40. The van der Waals surface area contributed by atoms with Gasteiger partial charge in [0.15, 0.2) is 17.5 Å². The molecule has 0 unspecified atom stereocenters. The van der Waals surface area contributed by atoms with Crippen molar-refractivity contribution in [1.82, 2.24) is 4.57 Å². The Morgan fingerprint density at radius 2 is 1.67 bits per heavy atom. The average Bonchev–Trinajstić information content (AvgIpc) is 2.81. The van der Waals surface area contributed by atoms with Crippen LogP contribution < -0.4 is 5.32 Å². The predicted molar refractivity (Wildman–Crippen MR) is 90.1 cm³/mol. The molecule has 0 aliphatic carbocycles. The number of Topliss-reactive ketones (excluding diaryl/α,β-unsaturated/α-hetero) is 1. The molecule has 1 N–H and O–H groups in total. The van der Waals surface area contributed by atoms with Crippen LogP contribution in [-0.2, 0) is 16.6 Å². The third-order valence-corrected chi connectivity index (χ3v) is 4.08. The number of hydrogen-bond acceptors (Lipinski definition) is 4. The van der Waals surface area contributed by atoms with E-state index in [2.05, 4.69) is 10.1 Å². The summed E-state index contributed by atoms with van der Waals surface area (Å²) in [6, 6.07) is 1.27. The second kappa shape index (κ2) is 7.65. The molecular formula is C18H17F3N2O4. The molecule has 0 atom stereocenters. The Kier molecular flexibility index (Phi) is 5.72. The number of aromatic nitrogens is 1. The van der Waals surface area contributed by atoms with Gasteiger partial charge in [-0.25, -0.2) is 18.0 Å². The minimum absolute atomic E-state index is 0.0159. The summed E-state index contributed by atoms with van der Waals surface area (Å²) < 4.78 is 45.7. The highest BCUT2D eigenvalue weighted by atomic mass is 19.2. The minimum atomic E-state index is -1.65. The number of carbonyl (C=O) groups is 3. The molecule has 1 aromatic carbocycles. The lowest BCUT2D eigenvalue weighted by Gasteiger charge is -2.07. The molecule has 0 radical (unpaired) electrons. The third kappa shape index (κ3) is 3.71. The predicted octanol–water partition coefficient (Wildman–Crippen LogP) is 3.06. The summed E-state index contributed by atoms with van der Waals surface area (Å²) >= 11 is 0. The van der Waals surface area contributed by atoms with Gasteiger partial charge in [0.2, 0.25) is 0 Å². The number of nitrogens with one attached hydrogen (secondary N) is 1. The van der Waals surface area contributed by atoms with Gasteiger partial charge in [-0.3, -0.25) is 9.59 Å². The molecule has 0 fully saturated rings. The maximum atomic E-state index is 13.3. The first-order valence-electron chi connectivity index (χ1n) is 7.93. The molecule has 144 valence electrons. The number of hydrogen-bond donors (Lipinski definition) is 1. The van der Waals surface area contributed by atoms with Crippen LogP contribution in [0.1, 0.15) is 39.0 Å². The normalized spacial score (nSPS) is 10.6. The van der Waals surface area contributed by atoms with Crippen LogP contribution in [0.15, 0.2) is 12.1 Å². The molecule has 0 bridgehead atoms. The summed E-state index contributed by atoms with van der Waals surface area (Å²) in [5.41, 5.74) is 0.273. The highest BCUT2D eigenvalue weighted by Gasteiger charge is 2.29. The Morgan fingerprint density at radius 3 is 2.19 bits per heavy atom. The van der Waals surface area contributed by atoms with Crippen molar-refractivity contribution in [3.05, 3.63) is 52.1 Å². The van der Waals surface area contributed by atoms with Crippen molar-refractivity contribution in [2.75, 3.05) is 11.9 Å². The number of carbonyl (C=O) groups excluding carboxylic acids is 3. The molecule has 1 heterocycles. The zero-order valence-electron chi connectivity index (χ0n) is 15.1. The van der Waals surface area contributed by atoms with Crippen LogP contribution in [-0.4, -0.2) is 28.8 Å². The fraction of sp³-hybridized carbons (Fsp3) is 0.278. The van der Waals surface area contributed by atoms with Crippen molar-refractivity contribution < 1.29 is 32.3 Å². The van der Waals surface area contributed by atoms with Gasteiger partial charge >= 0.3 is 5.97 Å². The highest BCUT2D eigenvalue weighted by Crippen LogP contribution is 2.24. The van der Waals surface area contributed by atoms with Gasteiger partial charge in [0.25, 0.3) is 11.7 Å². The van der Waals surface area contributed by atoms with E-state index in [4.69, 9.17) is 0 Å². The van der Waals surface area contributed by atoms with Gasteiger partial charge in [-0.15, -0.1) is 0 Å². The summed E-state index contributed by atoms with van der Waals surface area (Å²) in [4.78, 5) is 36.6. The quantitative estimate of drug-likeness (QED) is 0.373. The Labute approximate surface area is 152 Å². The van der Waals surface area contributed by atoms with Crippen LogP contribution in [0, 0.1) is 31.3 Å². The molecule has 9 heteroatoms. The second-order valence-electron chi connectivity index (χ2n) is 5.75. The van der Waals surface area contributed by atoms with Crippen molar-refractivity contribution in [2.24, 2.45) is 7.05 Å². The lowest BCUT2D eigenvalue weighted by Crippen LogP contribution is -2.21. The van der Waals surface area contributed by atoms with Gasteiger partial charge in [0.05, 0.1) is 12.2 Å². The van der Waals surface area contributed by atoms with E-state index in [0.717, 1.165) is 0 Å². The summed E-state index contributed by atoms with van der Waals surface area (Å²) in [5.74, 6) is -7.31. The number of ether oxygens (including phenoxy) is 1. The molecule has 1 aromatic heterocycles. The molecule has 1 amide bonds. The van der Waals surface area contributed by atoms with Crippen molar-refractivity contribution in [3.63, 3.8) is 0 Å². The topological polar surface area (TPSA) is 77.4 Å². The number of ketones is 1. The lowest BCUT2D eigenvalue weighted by atomic mass is 10.1. The molecular weight excluding hydrogens is 365 g/mol. The molecule has 0 saturated carbocycles. The number of halogens is 3. The van der Waals surface area contributed by atoms with Crippen LogP contribution in [0.5, 0.6) is 0 Å². The smallest absolute Gasteiger partial charge is 0.381 e. The van der Waals surface area contributed by atoms with Crippen LogP contribution in [0.3, 0.4) is 0 Å². The third-order valence-electron chi connectivity index (χ3n) is 4.08. The Morgan fingerprint density at radius 1 is 1.11 bits per heavy atom. The van der Waals surface area contributed by atoms with Gasteiger partial charge in [0, 0.05) is 30.6 Å². The first-order valence-corrected chi connectivity index (χ1v) is 7.93. The molecule has 0 aliphatic rings. The van der Waals surface area contributed by atoms with Crippen molar-refractivity contribution >= 4 is 23.3 Å². The van der Waals surface area contributed by atoms with Crippen molar-refractivity contribution in [1.29, 1.82) is 0 Å². The molecule has 2 aromatic rings. The fourth-order valence-corrected chi connectivity index (χ4v) is 2.75. The minimum Gasteiger partial charge on any atom is -0.460 e. The average molecular weight is 382 g/mol. The van der Waals surface area contributed by atoms with Crippen LogP contribution in [0.25, 0.3) is 0 Å². The van der Waals surface area contributed by atoms with Gasteiger partial charge in [0.1, 0.15) is 5.69 Å². The SMILES string of the molecule is CCOC(=O)C(=O)c1c(C)c(C(=O)Nc2cc(F)c(F)c(F)c2)c(C)n1C. The largest absolute Gasteiger partial charge is 0.460 e. The monoisotopic (exact) mass is 382 g/mol. The van der Waals surface area contributed by atoms with Crippen LogP contribution in [0.4, 0.5) is 18.9 Å². The van der Waals surface area contributed by atoms with E-state index in [1.165, 1.54) is 25.5 Å². The lowest BCUT2D eigenvalue weighted by molar-refractivity contribution is -0.137. The van der Waals surface area contributed by atoms with E-state index in [0.29, 0.717) is 17.8 Å². The first kappa shape index (κ1) is 20.2. The molecule has 6 nitrogen and oxygen atoms in total. The van der Waals surface area contributed by atoms with E-state index in [-0.39, 0.29) is 29.1 Å². The van der Waals surface area contributed by atoms with E-state index in [9.17, 15) is 27.6 Å². The Bertz CT molecular complexity index is 928. The zero-order chi connectivity index (χ0) is 20.5. The number of benzene rings is 1. The standard InChI is InChI=1S/C18H17F3N2O4/c1-5-27-18(26)16(24)15-8(2)13(9(3)23(15)4)17(25)22-10-6-11(19)14(21)12(20)7-10/h6-7H,5H2,1-4H3,(H,22,25). The van der Waals surface area contributed by atoms with Gasteiger partial charge < -0.3 is 14.6 Å². The molecule has 0 spiro atoms. The van der Waals surface area contributed by atoms with E-state index in [1.54, 1.807) is 6.92 Å². The molecule has 0 aliphatic heterocycles. The second-order valence-corrected chi connectivity index (χ2v) is 5.75. The van der Waals surface area contributed by atoms with Gasteiger partial charge in [-0.1, -0.05) is 0 Å². The number of anilines is 1. The maximum Gasteiger partial charge on any atom is 0.381 e. The Balaban J connectivity index is 2.42. The first-order chi connectivity index (χ1) is 12.6. The number of rotatable bonds is 5. The van der Waals surface area contributed by atoms with Crippen LogP contribution >= 0.6 is 0 Å². The molecule has 27 heavy (non-hydrogen) atoms. The van der Waals surface area contributed by atoms with Gasteiger partial charge in [-0.2, -0.15) is 0 Å². The van der Waals surface area contributed by atoms with Crippen molar-refractivity contribution in [2.45, 2.75) is 20.8 Å².